The van der Waals surface area contributed by atoms with Crippen LogP contribution in [0.2, 0.25) is 36.3 Å². The van der Waals surface area contributed by atoms with Gasteiger partial charge in [-0.1, -0.05) is 192 Å². The molecule has 6 aliphatic carbocycles. The molecule has 1 saturated heterocycles. The van der Waals surface area contributed by atoms with E-state index in [1.54, 1.807) is 11.1 Å². The standard InChI is InChI=1S/2C28H46O2Si.CHI3.HI/c1-19-17-23(20(2)25(18-19)30-31(8,9)26(4,5)6)13-12-22-11-10-15-27(7)24(22)14-16-28(27)21(3)29-28;1-19-17-23(20(2)26(18-19)30-31(8,9)27(4,5)6)13-12-22-11-10-16-28(7)24(21(3)29)14-15-25(22)28;2-1(3)4;/h12-13,19,21,24-25H,2,10-11,14-18H2,1,3-9H3;12-14,19,21,25-26,29H,2,10-11,15-18H2,1,3-9H3;1H;1H/b2*22-12+,23-13-;;/t19?,21-,24?,25?,27-,28?;19?,21-,25?,26?,28+;;/m00../s1. The van der Waals surface area contributed by atoms with Crippen molar-refractivity contribution < 1.29 is 18.7 Å². The number of allylic oxidation sites excluding steroid dienone is 7. The fourth-order valence-corrected chi connectivity index (χ4v) is 15.2. The highest BCUT2D eigenvalue weighted by molar-refractivity contribution is 14.3. The summed E-state index contributed by atoms with van der Waals surface area (Å²) in [6, 6.07) is 0. The third-order valence-corrected chi connectivity index (χ3v) is 27.6. The van der Waals surface area contributed by atoms with Gasteiger partial charge < -0.3 is 18.7 Å². The predicted octanol–water partition coefficient (Wildman–Crippen LogP) is 18.9. The van der Waals surface area contributed by atoms with Crippen molar-refractivity contribution in [1.82, 2.24) is 0 Å². The first-order valence-electron chi connectivity index (χ1n) is 25.8. The number of hydrogen-bond donors (Lipinski definition) is 1. The number of halogens is 4. The van der Waals surface area contributed by atoms with Gasteiger partial charge in [0, 0.05) is 5.41 Å². The lowest BCUT2D eigenvalue weighted by Gasteiger charge is -2.43. The molecule has 1 N–H and O–H groups in total. The van der Waals surface area contributed by atoms with Crippen LogP contribution in [0.1, 0.15) is 167 Å². The maximum atomic E-state index is 10.3. The summed E-state index contributed by atoms with van der Waals surface area (Å²) in [6.45, 7) is 46.2. The maximum absolute atomic E-state index is 10.3. The number of rotatable bonds is 7. The van der Waals surface area contributed by atoms with Gasteiger partial charge in [0.2, 0.25) is 0 Å². The van der Waals surface area contributed by atoms with Crippen LogP contribution < -0.4 is 0 Å². The van der Waals surface area contributed by atoms with E-state index >= 15 is 0 Å². The van der Waals surface area contributed by atoms with Gasteiger partial charge in [0.1, 0.15) is 5.54 Å². The largest absolute Gasteiger partial charge is 0.410 e. The molecule has 6 fully saturated rings. The van der Waals surface area contributed by atoms with Gasteiger partial charge in [0.05, 0.1) is 24.4 Å². The molecule has 0 aromatic heterocycles. The minimum Gasteiger partial charge on any atom is -0.410 e. The fourth-order valence-electron chi connectivity index (χ4n) is 12.6. The Labute approximate surface area is 471 Å². The molecule has 0 aromatic carbocycles. The van der Waals surface area contributed by atoms with Crippen LogP contribution in [0.15, 0.2) is 82.5 Å². The van der Waals surface area contributed by atoms with Crippen molar-refractivity contribution in [2.45, 2.75) is 233 Å². The van der Waals surface area contributed by atoms with Crippen LogP contribution in [0.4, 0.5) is 0 Å². The van der Waals surface area contributed by atoms with Crippen molar-refractivity contribution >= 4 is 108 Å². The van der Waals surface area contributed by atoms with E-state index in [2.05, 4.69) is 214 Å². The fraction of sp³-hybridized carbons (Fsp3) is 0.754. The molecule has 1 heterocycles. The van der Waals surface area contributed by atoms with Crippen LogP contribution >= 0.6 is 91.7 Å². The molecule has 382 valence electrons. The number of epoxide rings is 1. The Morgan fingerprint density at radius 1 is 0.746 bits per heavy atom. The highest BCUT2D eigenvalue weighted by Crippen LogP contribution is 2.68. The molecule has 11 atom stereocenters. The molecule has 5 saturated carbocycles. The average molecular weight is 1410 g/mol. The molecular formula is C57H94I4O4Si2. The summed E-state index contributed by atoms with van der Waals surface area (Å²) >= 11 is 6.95. The normalized spacial score (nSPS) is 37.4. The molecule has 1 aliphatic heterocycles. The van der Waals surface area contributed by atoms with E-state index in [4.69, 9.17) is 13.6 Å². The second kappa shape index (κ2) is 23.5. The van der Waals surface area contributed by atoms with Crippen LogP contribution in [0, 0.1) is 34.5 Å². The third-order valence-electron chi connectivity index (χ3n) is 18.7. The van der Waals surface area contributed by atoms with E-state index in [-0.39, 0.29) is 63.4 Å². The number of ether oxygens (including phenoxy) is 1. The Morgan fingerprint density at radius 3 is 1.57 bits per heavy atom. The van der Waals surface area contributed by atoms with Crippen molar-refractivity contribution in [3.05, 3.63) is 82.5 Å². The summed E-state index contributed by atoms with van der Waals surface area (Å²) in [5.74, 6) is 2.50. The molecule has 1 spiro atoms. The number of hydrogen-bond acceptors (Lipinski definition) is 4. The number of aliphatic hydroxyl groups is 1. The maximum Gasteiger partial charge on any atom is 0.192 e. The summed E-state index contributed by atoms with van der Waals surface area (Å²) in [6.07, 6.45) is 27.9. The van der Waals surface area contributed by atoms with Gasteiger partial charge in [-0.05, 0) is 191 Å². The topological polar surface area (TPSA) is 51.2 Å². The molecule has 7 rings (SSSR count). The summed E-state index contributed by atoms with van der Waals surface area (Å²) in [7, 11) is -3.64. The molecule has 0 aromatic rings. The zero-order valence-corrected chi connectivity index (χ0v) is 55.7. The zero-order valence-electron chi connectivity index (χ0n) is 44.9. The SMILES string of the molecule is C=C1/C(=C\C=C2/CCC[C@@]3(C)C2CCC32O[C@H]2C)CC(C)CC1O[Si](C)(C)C(C)(C)C.C=C1/C(=C\C=C2/CCC[C@]3(C)C([C@H](C)O)=CCC23)CC(C)CC1O[Si](C)(C)C(C)(C)C.I.IC(I)I. The first-order valence-corrected chi connectivity index (χ1v) is 35.4. The Bertz CT molecular complexity index is 1930. The van der Waals surface area contributed by atoms with Crippen LogP contribution in [-0.4, -0.2) is 51.7 Å². The van der Waals surface area contributed by atoms with E-state index in [0.717, 1.165) is 32.0 Å². The monoisotopic (exact) mass is 1410 g/mol. The van der Waals surface area contributed by atoms with Gasteiger partial charge in [-0.2, -0.15) is 0 Å². The smallest absolute Gasteiger partial charge is 0.192 e. The first kappa shape index (κ1) is 60.9. The summed E-state index contributed by atoms with van der Waals surface area (Å²) in [4.78, 5) is 0. The van der Waals surface area contributed by atoms with Gasteiger partial charge in [0.15, 0.2) is 16.6 Å². The van der Waals surface area contributed by atoms with Crippen LogP contribution in [0.3, 0.4) is 0 Å². The lowest BCUT2D eigenvalue weighted by atomic mass is 9.62. The Balaban J connectivity index is 0.000000267. The Hall–Kier alpha value is 1.37. The summed E-state index contributed by atoms with van der Waals surface area (Å²) in [5.41, 5.74) is 10.4. The zero-order chi connectivity index (χ0) is 49.6. The summed E-state index contributed by atoms with van der Waals surface area (Å²) < 4.78 is 20.6. The molecule has 0 radical (unpaired) electrons. The molecule has 4 nitrogen and oxygen atoms in total. The molecule has 67 heavy (non-hydrogen) atoms. The van der Waals surface area contributed by atoms with Gasteiger partial charge in [-0.25, -0.2) is 0 Å². The quantitative estimate of drug-likeness (QED) is 0.0907. The van der Waals surface area contributed by atoms with E-state index in [1.807, 2.05) is 6.92 Å². The number of aliphatic hydroxyl groups excluding tert-OH is 1. The third kappa shape index (κ3) is 13.8. The van der Waals surface area contributed by atoms with Crippen LogP contribution in [-0.2, 0) is 13.6 Å². The van der Waals surface area contributed by atoms with Crippen molar-refractivity contribution in [1.29, 1.82) is 0 Å². The second-order valence-corrected chi connectivity index (χ2v) is 45.8. The second-order valence-electron chi connectivity index (χ2n) is 25.4. The Kier molecular flexibility index (Phi) is 21.4. The molecule has 7 aliphatic rings. The van der Waals surface area contributed by atoms with Crippen LogP contribution in [0.25, 0.3) is 0 Å². The first-order chi connectivity index (χ1) is 30.3. The minimum absolute atomic E-state index is 0. The Morgan fingerprint density at radius 2 is 1.16 bits per heavy atom. The molecule has 10 heteroatoms. The molecule has 7 unspecified atom stereocenters. The predicted molar refractivity (Wildman–Crippen MR) is 331 cm³/mol. The van der Waals surface area contributed by atoms with E-state index in [0.29, 0.717) is 35.2 Å². The number of fused-ring (bicyclic) bond motifs is 3. The van der Waals surface area contributed by atoms with Gasteiger partial charge in [-0.15, -0.1) is 24.0 Å². The van der Waals surface area contributed by atoms with Crippen molar-refractivity contribution in [2.75, 3.05) is 0 Å². The van der Waals surface area contributed by atoms with E-state index < -0.39 is 16.6 Å². The van der Waals surface area contributed by atoms with Crippen molar-refractivity contribution in [3.8, 4) is 0 Å². The van der Waals surface area contributed by atoms with Crippen molar-refractivity contribution in [2.24, 2.45) is 34.5 Å². The summed E-state index contributed by atoms with van der Waals surface area (Å²) in [5, 5.41) is 10.7. The minimum atomic E-state index is -1.83. The lowest BCUT2D eigenvalue weighted by Crippen LogP contribution is -2.45. The van der Waals surface area contributed by atoms with E-state index in [9.17, 15) is 5.11 Å². The van der Waals surface area contributed by atoms with Gasteiger partial charge in [-0.3, -0.25) is 0 Å². The van der Waals surface area contributed by atoms with E-state index in [1.165, 1.54) is 79.2 Å². The highest BCUT2D eigenvalue weighted by atomic mass is 127. The molecular weight excluding hydrogens is 1310 g/mol. The molecule has 0 bridgehead atoms. The van der Waals surface area contributed by atoms with Crippen LogP contribution in [0.5, 0.6) is 0 Å². The van der Waals surface area contributed by atoms with Gasteiger partial charge in [0.25, 0.3) is 0 Å². The number of alkyl halides is 3. The van der Waals surface area contributed by atoms with Crippen molar-refractivity contribution in [3.63, 3.8) is 0 Å². The van der Waals surface area contributed by atoms with Gasteiger partial charge >= 0.3 is 0 Å². The molecule has 0 amide bonds. The highest BCUT2D eigenvalue weighted by Gasteiger charge is 2.70. The average Bonchev–Trinajstić information content (AvgIpc) is 3.56. The lowest BCUT2D eigenvalue weighted by molar-refractivity contribution is 0.0944.